The summed E-state index contributed by atoms with van der Waals surface area (Å²) in [6.07, 6.45) is 0.725. The molecule has 1 unspecified atom stereocenters. The first-order chi connectivity index (χ1) is 7.19. The van der Waals surface area contributed by atoms with Crippen molar-refractivity contribution < 1.29 is 0 Å². The summed E-state index contributed by atoms with van der Waals surface area (Å²) in [7, 11) is 0. The second kappa shape index (κ2) is 5.92. The van der Waals surface area contributed by atoms with Gasteiger partial charge in [-0.15, -0.1) is 11.8 Å². The quantitative estimate of drug-likeness (QED) is 0.502. The Morgan fingerprint density at radius 1 is 1.53 bits per heavy atom. The largest absolute Gasteiger partial charge is 0.271 e. The summed E-state index contributed by atoms with van der Waals surface area (Å²) < 4.78 is 1.10. The molecule has 0 saturated heterocycles. The van der Waals surface area contributed by atoms with Crippen LogP contribution in [0.1, 0.15) is 30.5 Å². The zero-order valence-electron chi connectivity index (χ0n) is 8.97. The zero-order chi connectivity index (χ0) is 11.3. The fourth-order valence-electron chi connectivity index (χ4n) is 1.30. The Bertz CT molecular complexity index is 390. The molecule has 2 nitrogen and oxygen atoms in total. The van der Waals surface area contributed by atoms with Gasteiger partial charge in [-0.25, -0.2) is 0 Å². The Morgan fingerprint density at radius 2 is 2.27 bits per heavy atom. The molecule has 0 aliphatic rings. The van der Waals surface area contributed by atoms with Gasteiger partial charge in [-0.2, -0.15) is 0 Å². The smallest absolute Gasteiger partial charge is 0.0569 e. The number of aryl methyl sites for hydroxylation is 1. The first kappa shape index (κ1) is 12.3. The standard InChI is InChI=1S/C12H15BrN2/c1-3-4-5-12(15-14)10-7-6-9(2)11(13)8-10/h6-8,12,15H,5,14H2,1-2H3. The Labute approximate surface area is 99.3 Å². The molecule has 0 aliphatic heterocycles. The number of halogens is 1. The molecule has 3 N–H and O–H groups in total. The van der Waals surface area contributed by atoms with Gasteiger partial charge >= 0.3 is 0 Å². The lowest BCUT2D eigenvalue weighted by Crippen LogP contribution is -2.27. The molecule has 0 bridgehead atoms. The monoisotopic (exact) mass is 266 g/mol. The molecule has 15 heavy (non-hydrogen) atoms. The first-order valence-corrected chi connectivity index (χ1v) is 5.60. The lowest BCUT2D eigenvalue weighted by Gasteiger charge is -2.14. The molecule has 3 heteroatoms. The lowest BCUT2D eigenvalue weighted by atomic mass is 10.0. The number of nitrogens with two attached hydrogens (primary N) is 1. The van der Waals surface area contributed by atoms with Crippen LogP contribution in [0.4, 0.5) is 0 Å². The lowest BCUT2D eigenvalue weighted by molar-refractivity contribution is 0.567. The molecule has 0 amide bonds. The second-order valence-corrected chi connectivity index (χ2v) is 4.21. The van der Waals surface area contributed by atoms with E-state index in [1.165, 1.54) is 5.56 Å². The van der Waals surface area contributed by atoms with E-state index in [1.54, 1.807) is 0 Å². The van der Waals surface area contributed by atoms with Crippen molar-refractivity contribution in [3.63, 3.8) is 0 Å². The molecule has 0 spiro atoms. The minimum Gasteiger partial charge on any atom is -0.271 e. The van der Waals surface area contributed by atoms with Crippen LogP contribution in [0.25, 0.3) is 0 Å². The van der Waals surface area contributed by atoms with E-state index >= 15 is 0 Å². The van der Waals surface area contributed by atoms with Crippen LogP contribution in [-0.2, 0) is 0 Å². The van der Waals surface area contributed by atoms with Gasteiger partial charge in [0.2, 0.25) is 0 Å². The van der Waals surface area contributed by atoms with Crippen LogP contribution in [-0.4, -0.2) is 0 Å². The maximum absolute atomic E-state index is 5.50. The molecular formula is C12H15BrN2. The van der Waals surface area contributed by atoms with E-state index in [9.17, 15) is 0 Å². The van der Waals surface area contributed by atoms with Crippen LogP contribution in [0.2, 0.25) is 0 Å². The summed E-state index contributed by atoms with van der Waals surface area (Å²) in [5.74, 6) is 11.4. The summed E-state index contributed by atoms with van der Waals surface area (Å²) in [6.45, 7) is 3.89. The van der Waals surface area contributed by atoms with Gasteiger partial charge in [0, 0.05) is 10.9 Å². The molecule has 0 aromatic heterocycles. The average Bonchev–Trinajstić information content (AvgIpc) is 2.24. The molecular weight excluding hydrogens is 252 g/mol. The Balaban J connectivity index is 2.90. The zero-order valence-corrected chi connectivity index (χ0v) is 10.6. The number of rotatable bonds is 3. The van der Waals surface area contributed by atoms with E-state index in [0.717, 1.165) is 16.5 Å². The van der Waals surface area contributed by atoms with Crippen LogP contribution in [0.5, 0.6) is 0 Å². The molecule has 1 atom stereocenters. The molecule has 0 radical (unpaired) electrons. The van der Waals surface area contributed by atoms with Crippen molar-refractivity contribution in [3.05, 3.63) is 33.8 Å². The van der Waals surface area contributed by atoms with Crippen LogP contribution in [0.3, 0.4) is 0 Å². The molecule has 1 rings (SSSR count). The predicted octanol–water partition coefficient (Wildman–Crippen LogP) is 2.68. The number of hydrogen-bond donors (Lipinski definition) is 2. The maximum Gasteiger partial charge on any atom is 0.0569 e. The molecule has 0 heterocycles. The van der Waals surface area contributed by atoms with E-state index in [-0.39, 0.29) is 6.04 Å². The highest BCUT2D eigenvalue weighted by molar-refractivity contribution is 9.10. The fourth-order valence-corrected chi connectivity index (χ4v) is 1.70. The summed E-state index contributed by atoms with van der Waals surface area (Å²) in [5, 5.41) is 0. The maximum atomic E-state index is 5.50. The number of nitrogens with one attached hydrogen (secondary N) is 1. The Morgan fingerprint density at radius 3 is 2.80 bits per heavy atom. The van der Waals surface area contributed by atoms with Gasteiger partial charge in [0.1, 0.15) is 0 Å². The van der Waals surface area contributed by atoms with Crippen molar-refractivity contribution in [2.45, 2.75) is 26.3 Å². The molecule has 80 valence electrons. The van der Waals surface area contributed by atoms with Crippen molar-refractivity contribution in [1.82, 2.24) is 5.43 Å². The number of benzene rings is 1. The van der Waals surface area contributed by atoms with Crippen molar-refractivity contribution in [3.8, 4) is 11.8 Å². The van der Waals surface area contributed by atoms with Crippen LogP contribution in [0.15, 0.2) is 22.7 Å². The highest BCUT2D eigenvalue weighted by atomic mass is 79.9. The fraction of sp³-hybridized carbons (Fsp3) is 0.333. The average molecular weight is 267 g/mol. The van der Waals surface area contributed by atoms with Gasteiger partial charge in [-0.05, 0) is 31.0 Å². The van der Waals surface area contributed by atoms with Crippen molar-refractivity contribution in [1.29, 1.82) is 0 Å². The first-order valence-electron chi connectivity index (χ1n) is 4.80. The highest BCUT2D eigenvalue weighted by Crippen LogP contribution is 2.22. The third-order valence-corrected chi connectivity index (χ3v) is 3.14. The minimum absolute atomic E-state index is 0.0920. The van der Waals surface area contributed by atoms with E-state index in [4.69, 9.17) is 5.84 Å². The van der Waals surface area contributed by atoms with Crippen molar-refractivity contribution in [2.24, 2.45) is 5.84 Å². The highest BCUT2D eigenvalue weighted by Gasteiger charge is 2.08. The predicted molar refractivity (Wildman–Crippen MR) is 67.0 cm³/mol. The molecule has 0 saturated carbocycles. The number of hydrogen-bond acceptors (Lipinski definition) is 2. The Hall–Kier alpha value is -0.820. The van der Waals surface area contributed by atoms with E-state index in [0.29, 0.717) is 0 Å². The summed E-state index contributed by atoms with van der Waals surface area (Å²) in [4.78, 5) is 0. The van der Waals surface area contributed by atoms with Gasteiger partial charge in [0.05, 0.1) is 6.04 Å². The van der Waals surface area contributed by atoms with E-state index < -0.39 is 0 Å². The van der Waals surface area contributed by atoms with Gasteiger partial charge in [-0.3, -0.25) is 11.3 Å². The molecule has 0 fully saturated rings. The van der Waals surface area contributed by atoms with E-state index in [1.807, 2.05) is 6.92 Å². The van der Waals surface area contributed by atoms with Crippen LogP contribution < -0.4 is 11.3 Å². The summed E-state index contributed by atoms with van der Waals surface area (Å²) >= 11 is 3.51. The van der Waals surface area contributed by atoms with Gasteiger partial charge in [-0.1, -0.05) is 28.1 Å². The Kier molecular flexibility index (Phi) is 4.83. The van der Waals surface area contributed by atoms with Crippen LogP contribution in [0, 0.1) is 18.8 Å². The van der Waals surface area contributed by atoms with Crippen molar-refractivity contribution in [2.75, 3.05) is 0 Å². The van der Waals surface area contributed by atoms with E-state index in [2.05, 4.69) is 58.3 Å². The van der Waals surface area contributed by atoms with Gasteiger partial charge < -0.3 is 0 Å². The summed E-state index contributed by atoms with van der Waals surface area (Å²) in [5.41, 5.74) is 5.15. The summed E-state index contributed by atoms with van der Waals surface area (Å²) in [6, 6.07) is 6.32. The van der Waals surface area contributed by atoms with Gasteiger partial charge in [0.25, 0.3) is 0 Å². The molecule has 1 aromatic carbocycles. The normalized spacial score (nSPS) is 11.7. The minimum atomic E-state index is 0.0920. The molecule has 1 aromatic rings. The third kappa shape index (κ3) is 3.35. The number of hydrazine groups is 1. The topological polar surface area (TPSA) is 38.0 Å². The SMILES string of the molecule is CC#CCC(NN)c1ccc(C)c(Br)c1. The van der Waals surface area contributed by atoms with Crippen molar-refractivity contribution >= 4 is 15.9 Å². The molecule has 0 aliphatic carbocycles. The third-order valence-electron chi connectivity index (χ3n) is 2.28. The van der Waals surface area contributed by atoms with Gasteiger partial charge in [0.15, 0.2) is 0 Å². The van der Waals surface area contributed by atoms with Crippen LogP contribution >= 0.6 is 15.9 Å². The second-order valence-electron chi connectivity index (χ2n) is 3.36.